The van der Waals surface area contributed by atoms with Crippen LogP contribution in [0.4, 0.5) is 5.69 Å². The van der Waals surface area contributed by atoms with Crippen molar-refractivity contribution in [2.24, 2.45) is 10.4 Å². The first-order valence-electron chi connectivity index (χ1n) is 8.55. The van der Waals surface area contributed by atoms with Crippen molar-refractivity contribution < 1.29 is 4.79 Å². The SMILES string of the molecule is CCNC(=NCC(=O)Nc1cccnc1)NC(C)CCC(C)(C)C. The van der Waals surface area contributed by atoms with Gasteiger partial charge in [-0.3, -0.25) is 9.78 Å². The van der Waals surface area contributed by atoms with Gasteiger partial charge < -0.3 is 16.0 Å². The number of guanidine groups is 1. The second kappa shape index (κ2) is 9.90. The summed E-state index contributed by atoms with van der Waals surface area (Å²) < 4.78 is 0. The van der Waals surface area contributed by atoms with E-state index in [1.165, 1.54) is 0 Å². The quantitative estimate of drug-likeness (QED) is 0.529. The number of carbonyl (C=O) groups is 1. The molecule has 1 aromatic heterocycles. The maximum Gasteiger partial charge on any atom is 0.246 e. The third-order valence-electron chi connectivity index (χ3n) is 3.38. The van der Waals surface area contributed by atoms with Crippen molar-refractivity contribution in [2.45, 2.75) is 53.5 Å². The number of anilines is 1. The largest absolute Gasteiger partial charge is 0.357 e. The maximum atomic E-state index is 12.0. The summed E-state index contributed by atoms with van der Waals surface area (Å²) in [6, 6.07) is 3.87. The maximum absolute atomic E-state index is 12.0. The summed E-state index contributed by atoms with van der Waals surface area (Å²) in [6.45, 7) is 11.7. The Morgan fingerprint density at radius 3 is 2.71 bits per heavy atom. The Balaban J connectivity index is 2.50. The molecule has 0 aliphatic heterocycles. The first kappa shape index (κ1) is 19.9. The molecule has 0 spiro atoms. The first-order chi connectivity index (χ1) is 11.3. The van der Waals surface area contributed by atoms with Crippen LogP contribution in [0.2, 0.25) is 0 Å². The van der Waals surface area contributed by atoms with Crippen molar-refractivity contribution in [1.29, 1.82) is 0 Å². The number of pyridine rings is 1. The van der Waals surface area contributed by atoms with E-state index in [2.05, 4.69) is 53.6 Å². The normalized spacial score (nSPS) is 13.3. The third-order valence-corrected chi connectivity index (χ3v) is 3.38. The second-order valence-electron chi connectivity index (χ2n) is 7.13. The van der Waals surface area contributed by atoms with Crippen LogP contribution in [-0.2, 0) is 4.79 Å². The highest BCUT2D eigenvalue weighted by Gasteiger charge is 2.13. The fourth-order valence-corrected chi connectivity index (χ4v) is 2.06. The van der Waals surface area contributed by atoms with Crippen molar-refractivity contribution in [1.82, 2.24) is 15.6 Å². The van der Waals surface area contributed by atoms with Crippen LogP contribution in [0.15, 0.2) is 29.5 Å². The Hall–Kier alpha value is -2.11. The van der Waals surface area contributed by atoms with Crippen molar-refractivity contribution in [3.05, 3.63) is 24.5 Å². The molecule has 6 nitrogen and oxygen atoms in total. The van der Waals surface area contributed by atoms with E-state index in [-0.39, 0.29) is 12.5 Å². The summed E-state index contributed by atoms with van der Waals surface area (Å²) in [6.07, 6.45) is 5.46. The second-order valence-corrected chi connectivity index (χ2v) is 7.13. The van der Waals surface area contributed by atoms with E-state index >= 15 is 0 Å². The van der Waals surface area contributed by atoms with Crippen LogP contribution in [0.1, 0.15) is 47.5 Å². The van der Waals surface area contributed by atoms with Crippen LogP contribution in [-0.4, -0.2) is 36.0 Å². The molecule has 1 rings (SSSR count). The van der Waals surface area contributed by atoms with E-state index in [9.17, 15) is 4.79 Å². The van der Waals surface area contributed by atoms with E-state index in [0.717, 1.165) is 19.4 Å². The predicted octanol–water partition coefficient (Wildman–Crippen LogP) is 2.79. The van der Waals surface area contributed by atoms with Gasteiger partial charge in [0, 0.05) is 18.8 Å². The zero-order valence-electron chi connectivity index (χ0n) is 15.5. The minimum atomic E-state index is -0.164. The minimum Gasteiger partial charge on any atom is -0.357 e. The molecule has 1 aromatic rings. The van der Waals surface area contributed by atoms with E-state index in [1.807, 2.05) is 6.92 Å². The van der Waals surface area contributed by atoms with Crippen LogP contribution in [0, 0.1) is 5.41 Å². The number of carbonyl (C=O) groups excluding carboxylic acids is 1. The number of hydrogen-bond donors (Lipinski definition) is 3. The van der Waals surface area contributed by atoms with Gasteiger partial charge in [0.25, 0.3) is 0 Å². The van der Waals surface area contributed by atoms with Gasteiger partial charge in [-0.25, -0.2) is 4.99 Å². The van der Waals surface area contributed by atoms with Gasteiger partial charge >= 0.3 is 0 Å². The number of aliphatic imine (C=N–C) groups is 1. The van der Waals surface area contributed by atoms with Crippen molar-refractivity contribution in [2.75, 3.05) is 18.4 Å². The molecule has 0 saturated heterocycles. The Morgan fingerprint density at radius 2 is 2.12 bits per heavy atom. The molecule has 24 heavy (non-hydrogen) atoms. The molecule has 1 amide bonds. The monoisotopic (exact) mass is 333 g/mol. The first-order valence-corrected chi connectivity index (χ1v) is 8.55. The number of hydrogen-bond acceptors (Lipinski definition) is 3. The lowest BCUT2D eigenvalue weighted by molar-refractivity contribution is -0.114. The summed E-state index contributed by atoms with van der Waals surface area (Å²) in [4.78, 5) is 20.3. The zero-order valence-corrected chi connectivity index (χ0v) is 15.5. The van der Waals surface area contributed by atoms with Gasteiger partial charge in [-0.2, -0.15) is 0 Å². The van der Waals surface area contributed by atoms with Crippen LogP contribution in [0.25, 0.3) is 0 Å². The molecular weight excluding hydrogens is 302 g/mol. The summed E-state index contributed by atoms with van der Waals surface area (Å²) in [5.41, 5.74) is 0.990. The lowest BCUT2D eigenvalue weighted by Gasteiger charge is -2.23. The van der Waals surface area contributed by atoms with Gasteiger partial charge in [0.15, 0.2) is 5.96 Å². The molecule has 0 fully saturated rings. The van der Waals surface area contributed by atoms with Crippen LogP contribution < -0.4 is 16.0 Å². The molecule has 3 N–H and O–H groups in total. The fourth-order valence-electron chi connectivity index (χ4n) is 2.06. The van der Waals surface area contributed by atoms with Crippen LogP contribution in [0.3, 0.4) is 0 Å². The molecule has 0 aliphatic carbocycles. The highest BCUT2D eigenvalue weighted by Crippen LogP contribution is 2.21. The zero-order chi connectivity index (χ0) is 18.0. The summed E-state index contributed by atoms with van der Waals surface area (Å²) in [5, 5.41) is 9.31. The number of amides is 1. The fraction of sp³-hybridized carbons (Fsp3) is 0.611. The van der Waals surface area contributed by atoms with Gasteiger partial charge in [-0.15, -0.1) is 0 Å². The third kappa shape index (κ3) is 9.12. The van der Waals surface area contributed by atoms with Crippen molar-refractivity contribution in [3.8, 4) is 0 Å². The highest BCUT2D eigenvalue weighted by molar-refractivity contribution is 5.93. The van der Waals surface area contributed by atoms with E-state index in [0.29, 0.717) is 23.1 Å². The Labute approximate surface area is 145 Å². The Bertz CT molecular complexity index is 522. The van der Waals surface area contributed by atoms with Gasteiger partial charge in [-0.1, -0.05) is 20.8 Å². The predicted molar refractivity (Wildman–Crippen MR) is 100 cm³/mol. The molecule has 6 heteroatoms. The van der Waals surface area contributed by atoms with Crippen LogP contribution >= 0.6 is 0 Å². The lowest BCUT2D eigenvalue weighted by atomic mass is 9.89. The summed E-state index contributed by atoms with van der Waals surface area (Å²) >= 11 is 0. The van der Waals surface area contributed by atoms with E-state index < -0.39 is 0 Å². The van der Waals surface area contributed by atoms with E-state index in [4.69, 9.17) is 0 Å². The smallest absolute Gasteiger partial charge is 0.246 e. The molecule has 0 radical (unpaired) electrons. The van der Waals surface area contributed by atoms with Gasteiger partial charge in [-0.05, 0) is 44.2 Å². The number of aromatic nitrogens is 1. The molecule has 0 saturated carbocycles. The number of nitrogens with one attached hydrogen (secondary N) is 3. The molecule has 1 unspecified atom stereocenters. The average molecular weight is 333 g/mol. The number of rotatable bonds is 7. The molecular formula is C18H31N5O. The summed E-state index contributed by atoms with van der Waals surface area (Å²) in [7, 11) is 0. The molecule has 0 aromatic carbocycles. The molecule has 1 heterocycles. The van der Waals surface area contributed by atoms with Gasteiger partial charge in [0.05, 0.1) is 11.9 Å². The average Bonchev–Trinajstić information content (AvgIpc) is 2.51. The molecule has 0 aliphatic rings. The summed E-state index contributed by atoms with van der Waals surface area (Å²) in [5.74, 6) is 0.503. The lowest BCUT2D eigenvalue weighted by Crippen LogP contribution is -2.43. The van der Waals surface area contributed by atoms with Crippen molar-refractivity contribution >= 4 is 17.6 Å². The molecule has 134 valence electrons. The topological polar surface area (TPSA) is 78.4 Å². The highest BCUT2D eigenvalue weighted by atomic mass is 16.1. The van der Waals surface area contributed by atoms with Gasteiger partial charge in [0.2, 0.25) is 5.91 Å². The van der Waals surface area contributed by atoms with Crippen LogP contribution in [0.5, 0.6) is 0 Å². The Morgan fingerprint density at radius 1 is 1.38 bits per heavy atom. The minimum absolute atomic E-state index is 0.0657. The Kier molecular flexibility index (Phi) is 8.22. The molecule has 1 atom stereocenters. The standard InChI is InChI=1S/C18H31N5O/c1-6-20-17(22-14(2)9-10-18(3,4)5)21-13-16(24)23-15-8-7-11-19-12-15/h7-8,11-12,14H,6,9-10,13H2,1-5H3,(H,23,24)(H2,20,21,22). The number of nitrogens with zero attached hydrogens (tertiary/aromatic N) is 2. The van der Waals surface area contributed by atoms with Gasteiger partial charge in [0.1, 0.15) is 6.54 Å². The molecule has 0 bridgehead atoms. The van der Waals surface area contributed by atoms with Crippen molar-refractivity contribution in [3.63, 3.8) is 0 Å². The van der Waals surface area contributed by atoms with E-state index in [1.54, 1.807) is 24.5 Å².